The van der Waals surface area contributed by atoms with E-state index >= 15 is 0 Å². The molecule has 0 aliphatic rings. The molecule has 1 atom stereocenters. The average molecular weight is 282 g/mol. The Morgan fingerprint density at radius 2 is 1.26 bits per heavy atom. The van der Waals surface area contributed by atoms with Crippen LogP contribution in [0.4, 0.5) is 5.69 Å². The highest BCUT2D eigenvalue weighted by molar-refractivity contribution is 7.87. The van der Waals surface area contributed by atoms with Crippen molar-refractivity contribution >= 4 is 15.7 Å². The molecule has 4 heteroatoms. The Bertz CT molecular complexity index is 543. The number of benzene rings is 1. The highest BCUT2D eigenvalue weighted by Crippen LogP contribution is 2.33. The van der Waals surface area contributed by atoms with E-state index in [9.17, 15) is 8.76 Å². The first-order valence-electron chi connectivity index (χ1n) is 6.38. The largest absolute Gasteiger partial charge is 0.219 e. The van der Waals surface area contributed by atoms with Gasteiger partial charge in [0, 0.05) is 6.26 Å². The summed E-state index contributed by atoms with van der Waals surface area (Å²) in [5.74, 6) is 0. The zero-order valence-corrected chi connectivity index (χ0v) is 13.7. The molecule has 19 heavy (non-hydrogen) atoms. The molecule has 0 saturated heterocycles. The molecule has 0 bridgehead atoms. The van der Waals surface area contributed by atoms with Crippen molar-refractivity contribution < 1.29 is 8.76 Å². The molecular formula is C15H24NO2S. The summed E-state index contributed by atoms with van der Waals surface area (Å²) in [5.41, 5.74) is 2.64. The summed E-state index contributed by atoms with van der Waals surface area (Å²) in [6, 6.07) is 5.86. The van der Waals surface area contributed by atoms with E-state index in [1.54, 1.807) is 0 Å². The van der Waals surface area contributed by atoms with Gasteiger partial charge in [0.15, 0.2) is 10.0 Å². The van der Waals surface area contributed by atoms with E-state index in [4.69, 9.17) is 0 Å². The maximum absolute atomic E-state index is 11.4. The first kappa shape index (κ1) is 16.2. The van der Waals surface area contributed by atoms with Crippen LogP contribution in [0.25, 0.3) is 0 Å². The van der Waals surface area contributed by atoms with E-state index in [1.807, 2.05) is 12.1 Å². The van der Waals surface area contributed by atoms with Crippen LogP contribution in [0.2, 0.25) is 0 Å². The van der Waals surface area contributed by atoms with Gasteiger partial charge >= 0.3 is 0 Å². The van der Waals surface area contributed by atoms with E-state index < -0.39 is 10.0 Å². The molecule has 0 N–H and O–H groups in total. The molecule has 1 aromatic rings. The van der Waals surface area contributed by atoms with Gasteiger partial charge < -0.3 is 0 Å². The van der Waals surface area contributed by atoms with Crippen LogP contribution < -0.4 is 0 Å². The first-order chi connectivity index (χ1) is 8.29. The van der Waals surface area contributed by atoms with E-state index in [1.165, 1.54) is 0 Å². The molecular weight excluding hydrogens is 258 g/mol. The van der Waals surface area contributed by atoms with Crippen LogP contribution in [0.3, 0.4) is 0 Å². The van der Waals surface area contributed by atoms with Crippen LogP contribution in [0.15, 0.2) is 22.6 Å². The SMILES string of the molecule is CC(C)(C)c1cc(N=S(C)([O])=O)cc(C(C)(C)C)c1. The number of hydrogen-bond acceptors (Lipinski definition) is 2. The third-order valence-electron chi connectivity index (χ3n) is 2.92. The van der Waals surface area contributed by atoms with Gasteiger partial charge in [-0.15, -0.1) is 4.55 Å². The molecule has 1 unspecified atom stereocenters. The summed E-state index contributed by atoms with van der Waals surface area (Å²) in [6.07, 6.45) is 1.12. The molecule has 107 valence electrons. The molecule has 0 heterocycles. The molecule has 0 amide bonds. The lowest BCUT2D eigenvalue weighted by Crippen LogP contribution is -2.16. The predicted molar refractivity (Wildman–Crippen MR) is 80.7 cm³/mol. The second-order valence-electron chi connectivity index (χ2n) is 7.09. The van der Waals surface area contributed by atoms with Gasteiger partial charge in [0.2, 0.25) is 0 Å². The summed E-state index contributed by atoms with van der Waals surface area (Å²) in [7, 11) is -3.38. The molecule has 0 spiro atoms. The Morgan fingerprint density at radius 1 is 0.895 bits per heavy atom. The van der Waals surface area contributed by atoms with Crippen LogP contribution in [0, 0.1) is 0 Å². The van der Waals surface area contributed by atoms with Crippen molar-refractivity contribution in [3.8, 4) is 0 Å². The summed E-state index contributed by atoms with van der Waals surface area (Å²) < 4.78 is 26.5. The highest BCUT2D eigenvalue weighted by atomic mass is 32.2. The Hall–Kier alpha value is -0.870. The Kier molecular flexibility index (Phi) is 4.18. The smallest absolute Gasteiger partial charge is 0.195 e. The molecule has 1 aromatic carbocycles. The summed E-state index contributed by atoms with van der Waals surface area (Å²) in [5, 5.41) is 0. The molecule has 0 aliphatic carbocycles. The topological polar surface area (TPSA) is 49.3 Å². The van der Waals surface area contributed by atoms with Gasteiger partial charge in [-0.25, -0.2) is 4.21 Å². The standard InChI is InChI=1S/C15H24NO2S/c1-14(2,3)11-8-12(15(4,5)6)10-13(9-11)16-19(7,17)18/h8-10H,1-7H3. The minimum atomic E-state index is -3.38. The van der Waals surface area contributed by atoms with E-state index in [0.717, 1.165) is 17.4 Å². The minimum absolute atomic E-state index is 0.0387. The third-order valence-corrected chi connectivity index (χ3v) is 3.46. The lowest BCUT2D eigenvalue weighted by atomic mass is 9.80. The first-order valence-corrected chi connectivity index (χ1v) is 8.23. The van der Waals surface area contributed by atoms with Crippen molar-refractivity contribution in [2.75, 3.05) is 6.26 Å². The molecule has 0 saturated carbocycles. The number of nitrogens with zero attached hydrogens (tertiary/aromatic N) is 1. The zero-order valence-electron chi connectivity index (χ0n) is 12.9. The van der Waals surface area contributed by atoms with Gasteiger partial charge in [-0.2, -0.15) is 4.36 Å². The van der Waals surface area contributed by atoms with Gasteiger partial charge in [0.1, 0.15) is 0 Å². The summed E-state index contributed by atoms with van der Waals surface area (Å²) in [4.78, 5) is 0. The molecule has 0 aliphatic heterocycles. The molecule has 0 aromatic heterocycles. The van der Waals surface area contributed by atoms with Crippen LogP contribution in [0.1, 0.15) is 52.7 Å². The predicted octanol–water partition coefficient (Wildman–Crippen LogP) is 4.36. The van der Waals surface area contributed by atoms with Crippen molar-refractivity contribution in [2.45, 2.75) is 52.4 Å². The van der Waals surface area contributed by atoms with E-state index in [0.29, 0.717) is 5.69 Å². The Morgan fingerprint density at radius 3 is 1.53 bits per heavy atom. The fourth-order valence-electron chi connectivity index (χ4n) is 1.72. The third kappa shape index (κ3) is 4.96. The Balaban J connectivity index is 3.56. The zero-order chi connectivity index (χ0) is 15.1. The van der Waals surface area contributed by atoms with Crippen molar-refractivity contribution in [1.29, 1.82) is 0 Å². The minimum Gasteiger partial charge on any atom is -0.219 e. The van der Waals surface area contributed by atoms with Crippen LogP contribution in [-0.4, -0.2) is 10.5 Å². The van der Waals surface area contributed by atoms with Crippen LogP contribution in [-0.2, 0) is 25.4 Å². The molecule has 1 radical (unpaired) electrons. The maximum atomic E-state index is 11.4. The number of hydrogen-bond donors (Lipinski definition) is 0. The summed E-state index contributed by atoms with van der Waals surface area (Å²) >= 11 is 0. The van der Waals surface area contributed by atoms with Crippen molar-refractivity contribution in [3.63, 3.8) is 0 Å². The maximum Gasteiger partial charge on any atom is 0.195 e. The molecule has 1 rings (SSSR count). The van der Waals surface area contributed by atoms with E-state index in [2.05, 4.69) is 52.0 Å². The van der Waals surface area contributed by atoms with Crippen LogP contribution in [0.5, 0.6) is 0 Å². The normalized spacial score (nSPS) is 16.0. The second-order valence-corrected chi connectivity index (χ2v) is 8.74. The quantitative estimate of drug-likeness (QED) is 0.755. The average Bonchev–Trinajstić information content (AvgIpc) is 2.11. The Labute approximate surface area is 117 Å². The monoisotopic (exact) mass is 282 g/mol. The lowest BCUT2D eigenvalue weighted by molar-refractivity contribution is 0.468. The van der Waals surface area contributed by atoms with Crippen molar-refractivity contribution in [1.82, 2.24) is 0 Å². The fraction of sp³-hybridized carbons (Fsp3) is 0.600. The highest BCUT2D eigenvalue weighted by Gasteiger charge is 2.20. The van der Waals surface area contributed by atoms with Crippen molar-refractivity contribution in [3.05, 3.63) is 29.3 Å². The van der Waals surface area contributed by atoms with Crippen LogP contribution >= 0.6 is 0 Å². The van der Waals surface area contributed by atoms with Gasteiger partial charge in [0.05, 0.1) is 5.69 Å². The molecule has 3 nitrogen and oxygen atoms in total. The fourth-order valence-corrected chi connectivity index (χ4v) is 2.21. The van der Waals surface area contributed by atoms with Gasteiger partial charge in [-0.3, -0.25) is 0 Å². The summed E-state index contributed by atoms with van der Waals surface area (Å²) in [6.45, 7) is 12.7. The van der Waals surface area contributed by atoms with E-state index in [-0.39, 0.29) is 10.8 Å². The van der Waals surface area contributed by atoms with Gasteiger partial charge in [-0.1, -0.05) is 47.6 Å². The second kappa shape index (κ2) is 4.91. The van der Waals surface area contributed by atoms with Gasteiger partial charge in [-0.05, 0) is 34.1 Å². The lowest BCUT2D eigenvalue weighted by Gasteiger charge is -2.25. The van der Waals surface area contributed by atoms with Gasteiger partial charge in [0.25, 0.3) is 0 Å². The molecule has 0 fully saturated rings. The van der Waals surface area contributed by atoms with Crippen molar-refractivity contribution in [2.24, 2.45) is 4.36 Å². The number of rotatable bonds is 1.